The third kappa shape index (κ3) is 5.89. The minimum absolute atomic E-state index is 0.0667. The Morgan fingerprint density at radius 3 is 2.24 bits per heavy atom. The van der Waals surface area contributed by atoms with E-state index in [0.717, 1.165) is 12.1 Å². The number of alkyl halides is 1. The van der Waals surface area contributed by atoms with Crippen molar-refractivity contribution in [1.82, 2.24) is 10.6 Å². The summed E-state index contributed by atoms with van der Waals surface area (Å²) in [5.41, 5.74) is -1.96. The zero-order chi connectivity index (χ0) is 27.0. The molecule has 5 rings (SSSR count). The minimum atomic E-state index is -1.10. The Kier molecular flexibility index (Phi) is 8.37. The second-order valence-corrected chi connectivity index (χ2v) is 11.5. The summed E-state index contributed by atoms with van der Waals surface area (Å²) in [5.74, 6) is -2.40. The lowest BCUT2D eigenvalue weighted by molar-refractivity contribution is -0.142. The number of amides is 2. The Labute approximate surface area is 237 Å². The first-order valence-corrected chi connectivity index (χ1v) is 13.6. The number of ether oxygens (including phenoxy) is 2. The standard InChI is InChI=1S/C24H20Br2Cl2F2N2O5/c25-13-8-15(28)17(30)9-18(13)37-11-20(34)31-23-3-5-24(6-4-23,22(35)21(23)26)32-19(33)10-36-12-1-2-14(27)16(29)7-12/h1-2,7-9,21H,3-6,10-11H2,(H,31,34)(H,32,33). The predicted molar refractivity (Wildman–Crippen MR) is 139 cm³/mol. The van der Waals surface area contributed by atoms with Crippen molar-refractivity contribution in [2.75, 3.05) is 13.2 Å². The molecule has 1 unspecified atom stereocenters. The Morgan fingerprint density at radius 1 is 0.946 bits per heavy atom. The second kappa shape index (κ2) is 11.0. The molecule has 3 aliphatic carbocycles. The maximum atomic E-state index is 13.7. The Balaban J connectivity index is 1.34. The van der Waals surface area contributed by atoms with Gasteiger partial charge < -0.3 is 20.1 Å². The molecule has 37 heavy (non-hydrogen) atoms. The number of hydrogen-bond acceptors (Lipinski definition) is 5. The number of rotatable bonds is 8. The molecule has 0 aliphatic heterocycles. The van der Waals surface area contributed by atoms with E-state index in [0.29, 0.717) is 30.2 Å². The van der Waals surface area contributed by atoms with Crippen LogP contribution in [-0.4, -0.2) is 46.7 Å². The van der Waals surface area contributed by atoms with Crippen molar-refractivity contribution in [3.8, 4) is 11.5 Å². The van der Waals surface area contributed by atoms with E-state index in [-0.39, 0.29) is 27.3 Å². The Bertz CT molecular complexity index is 1260. The number of fused-ring (bicyclic) bond motifs is 3. The van der Waals surface area contributed by atoms with Gasteiger partial charge in [0.15, 0.2) is 19.0 Å². The molecule has 3 aliphatic rings. The van der Waals surface area contributed by atoms with E-state index in [1.165, 1.54) is 18.2 Å². The SMILES string of the molecule is O=C(COc1ccc(Cl)c(F)c1)NC12CCC(NC(=O)COc3cc(F)c(Cl)cc3Br)(CC1)C(Br)C2=O. The van der Waals surface area contributed by atoms with Gasteiger partial charge in [0.1, 0.15) is 28.7 Å². The normalized spacial score (nSPS) is 24.5. The quantitative estimate of drug-likeness (QED) is 0.298. The molecule has 0 spiro atoms. The van der Waals surface area contributed by atoms with Crippen molar-refractivity contribution in [1.29, 1.82) is 0 Å². The van der Waals surface area contributed by atoms with Gasteiger partial charge >= 0.3 is 0 Å². The van der Waals surface area contributed by atoms with Crippen LogP contribution in [0.3, 0.4) is 0 Å². The maximum absolute atomic E-state index is 13.7. The topological polar surface area (TPSA) is 93.7 Å². The molecule has 0 heterocycles. The molecular weight excluding hydrogens is 665 g/mol. The van der Waals surface area contributed by atoms with Crippen LogP contribution in [0.25, 0.3) is 0 Å². The van der Waals surface area contributed by atoms with Crippen LogP contribution in [0.15, 0.2) is 34.8 Å². The van der Waals surface area contributed by atoms with Crippen molar-refractivity contribution in [3.05, 3.63) is 56.5 Å². The fraction of sp³-hybridized carbons (Fsp3) is 0.375. The van der Waals surface area contributed by atoms with Gasteiger partial charge in [0.05, 0.1) is 24.9 Å². The minimum Gasteiger partial charge on any atom is -0.484 e. The molecule has 2 amide bonds. The fourth-order valence-corrected chi connectivity index (χ4v) is 6.46. The molecule has 198 valence electrons. The van der Waals surface area contributed by atoms with Gasteiger partial charge in [0, 0.05) is 12.1 Å². The number of benzene rings is 2. The summed E-state index contributed by atoms with van der Waals surface area (Å²) in [4.78, 5) is 37.8. The predicted octanol–water partition coefficient (Wildman–Crippen LogP) is 5.12. The smallest absolute Gasteiger partial charge is 0.258 e. The van der Waals surface area contributed by atoms with Gasteiger partial charge in [-0.2, -0.15) is 0 Å². The van der Waals surface area contributed by atoms with Crippen LogP contribution in [-0.2, 0) is 14.4 Å². The first-order valence-electron chi connectivity index (χ1n) is 11.1. The second-order valence-electron chi connectivity index (χ2n) is 8.91. The van der Waals surface area contributed by atoms with E-state index in [1.807, 2.05) is 0 Å². The first-order chi connectivity index (χ1) is 17.4. The summed E-state index contributed by atoms with van der Waals surface area (Å²) in [6.07, 6.45) is 1.46. The van der Waals surface area contributed by atoms with E-state index in [9.17, 15) is 23.2 Å². The van der Waals surface area contributed by atoms with Crippen molar-refractivity contribution >= 4 is 72.7 Å². The van der Waals surface area contributed by atoms with Gasteiger partial charge in [-0.3, -0.25) is 14.4 Å². The summed E-state index contributed by atoms with van der Waals surface area (Å²) in [7, 11) is 0. The summed E-state index contributed by atoms with van der Waals surface area (Å²) in [6.45, 7) is -0.817. The van der Waals surface area contributed by atoms with Gasteiger partial charge in [-0.25, -0.2) is 8.78 Å². The van der Waals surface area contributed by atoms with Gasteiger partial charge in [0.2, 0.25) is 0 Å². The van der Waals surface area contributed by atoms with E-state index < -0.39 is 52.6 Å². The molecule has 3 fully saturated rings. The summed E-state index contributed by atoms with van der Waals surface area (Å²) in [6, 6.07) is 6.21. The van der Waals surface area contributed by atoms with E-state index in [1.54, 1.807) is 0 Å². The number of halogens is 6. The summed E-state index contributed by atoms with van der Waals surface area (Å²) >= 11 is 18.0. The van der Waals surface area contributed by atoms with E-state index >= 15 is 0 Å². The average molecular weight is 685 g/mol. The number of carbonyl (C=O) groups excluding carboxylic acids is 3. The van der Waals surface area contributed by atoms with Crippen LogP contribution in [0.1, 0.15) is 25.7 Å². The third-order valence-corrected chi connectivity index (χ3v) is 9.05. The highest BCUT2D eigenvalue weighted by molar-refractivity contribution is 9.10. The van der Waals surface area contributed by atoms with Crippen LogP contribution in [0, 0.1) is 11.6 Å². The number of hydrogen-bond donors (Lipinski definition) is 2. The van der Waals surface area contributed by atoms with Gasteiger partial charge in [-0.05, 0) is 59.8 Å². The molecular formula is C24H20Br2Cl2F2N2O5. The zero-order valence-corrected chi connectivity index (χ0v) is 23.7. The molecule has 13 heteroatoms. The van der Waals surface area contributed by atoms with Gasteiger partial charge in [-0.1, -0.05) is 39.1 Å². The zero-order valence-electron chi connectivity index (χ0n) is 19.0. The molecule has 0 saturated heterocycles. The summed E-state index contributed by atoms with van der Waals surface area (Å²) < 4.78 is 38.5. The van der Waals surface area contributed by atoms with Gasteiger partial charge in [0.25, 0.3) is 11.8 Å². The average Bonchev–Trinajstić information content (AvgIpc) is 2.85. The van der Waals surface area contributed by atoms with Crippen LogP contribution in [0.2, 0.25) is 10.0 Å². The lowest BCUT2D eigenvalue weighted by atomic mass is 9.60. The van der Waals surface area contributed by atoms with Crippen molar-refractivity contribution in [3.63, 3.8) is 0 Å². The fourth-order valence-electron chi connectivity index (χ4n) is 4.58. The van der Waals surface area contributed by atoms with Gasteiger partial charge in [-0.15, -0.1) is 0 Å². The molecule has 7 nitrogen and oxygen atoms in total. The molecule has 3 saturated carbocycles. The Morgan fingerprint density at radius 2 is 1.57 bits per heavy atom. The maximum Gasteiger partial charge on any atom is 0.258 e. The van der Waals surface area contributed by atoms with Crippen LogP contribution < -0.4 is 20.1 Å². The van der Waals surface area contributed by atoms with E-state index in [2.05, 4.69) is 42.5 Å². The molecule has 1 atom stereocenters. The molecule has 2 N–H and O–H groups in total. The van der Waals surface area contributed by atoms with Crippen LogP contribution in [0.5, 0.6) is 11.5 Å². The lowest BCUT2D eigenvalue weighted by Crippen LogP contribution is -2.74. The molecule has 0 radical (unpaired) electrons. The number of Topliss-reactive ketones (excluding diaryl/α,β-unsaturated/α-hetero) is 1. The first kappa shape index (κ1) is 28.1. The van der Waals surface area contributed by atoms with Crippen LogP contribution >= 0.6 is 55.1 Å². The third-order valence-electron chi connectivity index (χ3n) is 6.54. The molecule has 2 bridgehead atoms. The van der Waals surface area contributed by atoms with E-state index in [4.69, 9.17) is 32.7 Å². The van der Waals surface area contributed by atoms with Crippen molar-refractivity contribution in [2.24, 2.45) is 0 Å². The highest BCUT2D eigenvalue weighted by atomic mass is 79.9. The molecule has 0 aromatic heterocycles. The number of nitrogens with one attached hydrogen (secondary N) is 2. The van der Waals surface area contributed by atoms with Crippen LogP contribution in [0.4, 0.5) is 8.78 Å². The lowest BCUT2D eigenvalue weighted by Gasteiger charge is -2.55. The monoisotopic (exact) mass is 682 g/mol. The molecule has 2 aromatic rings. The van der Waals surface area contributed by atoms with Crippen molar-refractivity contribution in [2.45, 2.75) is 41.6 Å². The molecule has 2 aromatic carbocycles. The highest BCUT2D eigenvalue weighted by Crippen LogP contribution is 2.47. The van der Waals surface area contributed by atoms with Crippen molar-refractivity contribution < 1.29 is 32.6 Å². The number of carbonyl (C=O) groups is 3. The largest absolute Gasteiger partial charge is 0.484 e. The summed E-state index contributed by atoms with van der Waals surface area (Å²) in [5, 5.41) is 5.51. The Hall–Kier alpha value is -1.95. The number of ketones is 1. The highest BCUT2D eigenvalue weighted by Gasteiger charge is 2.60.